The Morgan fingerprint density at radius 2 is 2.67 bits per heavy atom. The van der Waals surface area contributed by atoms with Gasteiger partial charge in [0, 0.05) is 25.5 Å². The monoisotopic (exact) mass is 207 g/mol. The summed E-state index contributed by atoms with van der Waals surface area (Å²) in [5.41, 5.74) is 0. The molecule has 1 fully saturated rings. The molecule has 0 aliphatic carbocycles. The summed E-state index contributed by atoms with van der Waals surface area (Å²) in [7, 11) is 0. The number of imidazole rings is 1. The van der Waals surface area contributed by atoms with E-state index in [0.29, 0.717) is 6.04 Å². The largest absolute Gasteiger partial charge is 0.376 e. The van der Waals surface area contributed by atoms with Gasteiger partial charge in [-0.1, -0.05) is 6.08 Å². The highest BCUT2D eigenvalue weighted by Crippen LogP contribution is 2.28. The van der Waals surface area contributed by atoms with Crippen LogP contribution in [0.3, 0.4) is 0 Å². The first kappa shape index (κ1) is 10.2. The molecule has 4 nitrogen and oxygen atoms in total. The zero-order valence-electron chi connectivity index (χ0n) is 9.02. The second-order valence-electron chi connectivity index (χ2n) is 3.76. The summed E-state index contributed by atoms with van der Waals surface area (Å²) in [6.45, 7) is 7.36. The van der Waals surface area contributed by atoms with Gasteiger partial charge in [-0.25, -0.2) is 4.98 Å². The first-order valence-corrected chi connectivity index (χ1v) is 5.32. The van der Waals surface area contributed by atoms with Crippen molar-refractivity contribution < 1.29 is 4.74 Å². The van der Waals surface area contributed by atoms with Crippen molar-refractivity contribution in [2.75, 3.05) is 18.5 Å². The second-order valence-corrected chi connectivity index (χ2v) is 3.76. The molecule has 15 heavy (non-hydrogen) atoms. The maximum atomic E-state index is 5.55. The maximum Gasteiger partial charge on any atom is 0.203 e. The summed E-state index contributed by atoms with van der Waals surface area (Å²) in [6.07, 6.45) is 6.97. The predicted octanol–water partition coefficient (Wildman–Crippen LogP) is 1.83. The van der Waals surface area contributed by atoms with E-state index in [1.807, 2.05) is 18.5 Å². The molecule has 0 amide bonds. The van der Waals surface area contributed by atoms with Gasteiger partial charge in [-0.05, 0) is 13.3 Å². The lowest BCUT2D eigenvalue weighted by Crippen LogP contribution is -2.18. The average Bonchev–Trinajstić information content (AvgIpc) is 2.82. The van der Waals surface area contributed by atoms with Crippen LogP contribution >= 0.6 is 0 Å². The molecule has 1 aromatic heterocycles. The number of nitrogens with one attached hydrogen (secondary N) is 1. The van der Waals surface area contributed by atoms with Crippen molar-refractivity contribution in [3.63, 3.8) is 0 Å². The first-order valence-electron chi connectivity index (χ1n) is 5.32. The highest BCUT2D eigenvalue weighted by Gasteiger charge is 2.27. The molecule has 0 bridgehead atoms. The Kier molecular flexibility index (Phi) is 3.06. The normalized spacial score (nSPS) is 25.4. The van der Waals surface area contributed by atoms with Crippen LogP contribution in [-0.4, -0.2) is 28.8 Å². The van der Waals surface area contributed by atoms with Crippen molar-refractivity contribution in [3.8, 4) is 0 Å². The molecule has 1 aliphatic heterocycles. The Bertz CT molecular complexity index is 334. The third kappa shape index (κ3) is 2.04. The minimum atomic E-state index is 0.267. The van der Waals surface area contributed by atoms with Crippen LogP contribution in [0.15, 0.2) is 25.0 Å². The van der Waals surface area contributed by atoms with Crippen LogP contribution in [0, 0.1) is 0 Å². The minimum absolute atomic E-state index is 0.267. The van der Waals surface area contributed by atoms with Crippen molar-refractivity contribution in [2.45, 2.75) is 25.5 Å². The summed E-state index contributed by atoms with van der Waals surface area (Å²) in [5, 5.41) is 3.22. The van der Waals surface area contributed by atoms with E-state index in [4.69, 9.17) is 4.74 Å². The number of anilines is 1. The zero-order chi connectivity index (χ0) is 10.7. The van der Waals surface area contributed by atoms with Gasteiger partial charge in [0.15, 0.2) is 0 Å². The molecule has 4 heteroatoms. The predicted molar refractivity (Wildman–Crippen MR) is 60.0 cm³/mol. The standard InChI is InChI=1S/C11H17N3O/c1-3-5-12-11-13-6-7-14(11)10-4-8-15-9(10)2/h3,6-7,9-10H,1,4-5,8H2,2H3,(H,12,13). The molecule has 2 unspecified atom stereocenters. The van der Waals surface area contributed by atoms with Crippen LogP contribution in [0.4, 0.5) is 5.95 Å². The van der Waals surface area contributed by atoms with Gasteiger partial charge in [-0.3, -0.25) is 0 Å². The number of hydrogen-bond donors (Lipinski definition) is 1. The first-order chi connectivity index (χ1) is 7.33. The SMILES string of the molecule is C=CCNc1nccn1C1CCOC1C. The van der Waals surface area contributed by atoms with Crippen LogP contribution in [0.5, 0.6) is 0 Å². The smallest absolute Gasteiger partial charge is 0.203 e. The zero-order valence-corrected chi connectivity index (χ0v) is 9.02. The highest BCUT2D eigenvalue weighted by atomic mass is 16.5. The van der Waals surface area contributed by atoms with E-state index in [9.17, 15) is 0 Å². The number of aromatic nitrogens is 2. The van der Waals surface area contributed by atoms with E-state index in [-0.39, 0.29) is 6.10 Å². The fourth-order valence-corrected chi connectivity index (χ4v) is 1.97. The van der Waals surface area contributed by atoms with Gasteiger partial charge < -0.3 is 14.6 Å². The molecule has 0 spiro atoms. The molecule has 0 aromatic carbocycles. The second kappa shape index (κ2) is 4.49. The number of ether oxygens (including phenoxy) is 1. The van der Waals surface area contributed by atoms with E-state index in [2.05, 4.69) is 28.4 Å². The van der Waals surface area contributed by atoms with Crippen molar-refractivity contribution in [3.05, 3.63) is 25.0 Å². The van der Waals surface area contributed by atoms with E-state index >= 15 is 0 Å². The van der Waals surface area contributed by atoms with Gasteiger partial charge >= 0.3 is 0 Å². The van der Waals surface area contributed by atoms with Gasteiger partial charge in [-0.2, -0.15) is 0 Å². The van der Waals surface area contributed by atoms with Gasteiger partial charge in [0.2, 0.25) is 5.95 Å². The fraction of sp³-hybridized carbons (Fsp3) is 0.545. The summed E-state index contributed by atoms with van der Waals surface area (Å²) < 4.78 is 7.71. The van der Waals surface area contributed by atoms with Gasteiger partial charge in [0.05, 0.1) is 12.1 Å². The van der Waals surface area contributed by atoms with E-state index in [1.165, 1.54) is 0 Å². The lowest BCUT2D eigenvalue weighted by molar-refractivity contribution is 0.108. The fourth-order valence-electron chi connectivity index (χ4n) is 1.97. The molecule has 1 aromatic rings. The Hall–Kier alpha value is -1.29. The lowest BCUT2D eigenvalue weighted by atomic mass is 10.1. The van der Waals surface area contributed by atoms with Crippen molar-refractivity contribution in [1.82, 2.24) is 9.55 Å². The quantitative estimate of drug-likeness (QED) is 0.766. The van der Waals surface area contributed by atoms with Crippen molar-refractivity contribution in [1.29, 1.82) is 0 Å². The summed E-state index contributed by atoms with van der Waals surface area (Å²) in [5.74, 6) is 0.900. The average molecular weight is 207 g/mol. The molecule has 2 atom stereocenters. The van der Waals surface area contributed by atoms with Crippen LogP contribution < -0.4 is 5.32 Å². The van der Waals surface area contributed by atoms with E-state index < -0.39 is 0 Å². The molecule has 1 aliphatic rings. The van der Waals surface area contributed by atoms with E-state index in [1.54, 1.807) is 0 Å². The van der Waals surface area contributed by atoms with Crippen molar-refractivity contribution in [2.24, 2.45) is 0 Å². The minimum Gasteiger partial charge on any atom is -0.376 e. The van der Waals surface area contributed by atoms with Crippen molar-refractivity contribution >= 4 is 5.95 Å². The Morgan fingerprint density at radius 3 is 3.33 bits per heavy atom. The number of nitrogens with zero attached hydrogens (tertiary/aromatic N) is 2. The number of hydrogen-bond acceptors (Lipinski definition) is 3. The Morgan fingerprint density at radius 1 is 1.80 bits per heavy atom. The summed E-state index contributed by atoms with van der Waals surface area (Å²) in [4.78, 5) is 4.28. The third-order valence-corrected chi connectivity index (χ3v) is 2.77. The molecule has 82 valence electrons. The van der Waals surface area contributed by atoms with Crippen LogP contribution in [0.25, 0.3) is 0 Å². The molecule has 1 N–H and O–H groups in total. The summed E-state index contributed by atoms with van der Waals surface area (Å²) >= 11 is 0. The molecule has 0 radical (unpaired) electrons. The van der Waals surface area contributed by atoms with Gasteiger partial charge in [0.1, 0.15) is 0 Å². The molecular weight excluding hydrogens is 190 g/mol. The third-order valence-electron chi connectivity index (χ3n) is 2.77. The molecular formula is C11H17N3O. The van der Waals surface area contributed by atoms with Crippen LogP contribution in [0.2, 0.25) is 0 Å². The van der Waals surface area contributed by atoms with Gasteiger partial charge in [-0.15, -0.1) is 6.58 Å². The highest BCUT2D eigenvalue weighted by molar-refractivity contribution is 5.28. The topological polar surface area (TPSA) is 39.1 Å². The number of rotatable bonds is 4. The molecule has 2 heterocycles. The van der Waals surface area contributed by atoms with Crippen LogP contribution in [0.1, 0.15) is 19.4 Å². The molecule has 1 saturated heterocycles. The Balaban J connectivity index is 2.12. The maximum absolute atomic E-state index is 5.55. The lowest BCUT2D eigenvalue weighted by Gasteiger charge is -2.18. The molecule has 0 saturated carbocycles. The van der Waals surface area contributed by atoms with Crippen LogP contribution in [-0.2, 0) is 4.74 Å². The molecule has 2 rings (SSSR count). The summed E-state index contributed by atoms with van der Waals surface area (Å²) in [6, 6.07) is 0.403. The Labute approximate surface area is 90.0 Å². The van der Waals surface area contributed by atoms with E-state index in [0.717, 1.165) is 25.5 Å². The van der Waals surface area contributed by atoms with Gasteiger partial charge in [0.25, 0.3) is 0 Å².